The topological polar surface area (TPSA) is 70.6 Å². The summed E-state index contributed by atoms with van der Waals surface area (Å²) in [5.74, 6) is 0.580. The molecule has 0 unspecified atom stereocenters. The number of carbonyl (C=O) groups excluding carboxylic acids is 1. The van der Waals surface area contributed by atoms with E-state index in [1.54, 1.807) is 13.2 Å². The Kier molecular flexibility index (Phi) is 3.08. The predicted molar refractivity (Wildman–Crippen MR) is 65.8 cm³/mol. The van der Waals surface area contributed by atoms with Crippen LogP contribution in [0.5, 0.6) is 11.5 Å². The molecule has 1 aromatic rings. The lowest BCUT2D eigenvalue weighted by Gasteiger charge is -2.14. The normalized spacial score (nSPS) is 13.2. The van der Waals surface area contributed by atoms with Gasteiger partial charge in [-0.1, -0.05) is 6.92 Å². The lowest BCUT2D eigenvalue weighted by molar-refractivity contribution is -0.115. The van der Waals surface area contributed by atoms with Crippen molar-refractivity contribution in [3.8, 4) is 11.5 Å². The summed E-state index contributed by atoms with van der Waals surface area (Å²) in [6, 6.07) is 1.70. The van der Waals surface area contributed by atoms with Crippen molar-refractivity contribution in [3.05, 3.63) is 11.6 Å². The highest BCUT2D eigenvalue weighted by Gasteiger charge is 2.26. The number of ether oxygens (including phenoxy) is 1. The second kappa shape index (κ2) is 4.53. The zero-order valence-corrected chi connectivity index (χ0v) is 9.96. The van der Waals surface area contributed by atoms with E-state index in [1.165, 1.54) is 0 Å². The summed E-state index contributed by atoms with van der Waals surface area (Å²) in [7, 11) is 1.54. The summed E-state index contributed by atoms with van der Waals surface area (Å²) in [4.78, 5) is 11.3. The van der Waals surface area contributed by atoms with Crippen molar-refractivity contribution in [3.63, 3.8) is 0 Å². The lowest BCUT2D eigenvalue weighted by Crippen LogP contribution is -2.04. The third-order valence-corrected chi connectivity index (χ3v) is 2.75. The van der Waals surface area contributed by atoms with Crippen LogP contribution in [0.25, 0.3) is 0 Å². The van der Waals surface area contributed by atoms with Gasteiger partial charge >= 0.3 is 0 Å². The Bertz CT molecular complexity index is 458. The minimum atomic E-state index is -0.124. The number of aromatic hydroxyl groups is 1. The average molecular weight is 236 g/mol. The van der Waals surface area contributed by atoms with Crippen molar-refractivity contribution in [2.45, 2.75) is 19.8 Å². The molecule has 5 heteroatoms. The van der Waals surface area contributed by atoms with Gasteiger partial charge in [-0.25, -0.2) is 0 Å². The molecule has 92 valence electrons. The second-order valence-electron chi connectivity index (χ2n) is 3.98. The minimum absolute atomic E-state index is 0.124. The molecule has 0 radical (unpaired) electrons. The molecule has 0 aliphatic carbocycles. The number of amides is 1. The zero-order valence-electron chi connectivity index (χ0n) is 9.96. The van der Waals surface area contributed by atoms with E-state index in [1.807, 2.05) is 6.92 Å². The molecule has 0 atom stereocenters. The first-order valence-corrected chi connectivity index (χ1v) is 5.64. The molecule has 5 nitrogen and oxygen atoms in total. The number of benzene rings is 1. The minimum Gasteiger partial charge on any atom is -0.505 e. The van der Waals surface area contributed by atoms with E-state index in [2.05, 4.69) is 10.6 Å². The number of fused-ring (bicyclic) bond motifs is 1. The number of methoxy groups -OCH3 is 1. The highest BCUT2D eigenvalue weighted by Crippen LogP contribution is 2.43. The van der Waals surface area contributed by atoms with Gasteiger partial charge in [-0.15, -0.1) is 0 Å². The maximum absolute atomic E-state index is 11.3. The van der Waals surface area contributed by atoms with Gasteiger partial charge in [0, 0.05) is 18.2 Å². The number of hydrogen-bond donors (Lipinski definition) is 3. The summed E-state index contributed by atoms with van der Waals surface area (Å²) < 4.78 is 5.22. The summed E-state index contributed by atoms with van der Waals surface area (Å²) >= 11 is 0. The molecular formula is C12H16N2O3. The Hall–Kier alpha value is -1.91. The molecule has 1 aliphatic rings. The van der Waals surface area contributed by atoms with Gasteiger partial charge in [0.15, 0.2) is 0 Å². The maximum Gasteiger partial charge on any atom is 0.229 e. The van der Waals surface area contributed by atoms with E-state index in [-0.39, 0.29) is 18.1 Å². The molecule has 1 amide bonds. The zero-order chi connectivity index (χ0) is 12.4. The van der Waals surface area contributed by atoms with Crippen molar-refractivity contribution >= 4 is 17.3 Å². The van der Waals surface area contributed by atoms with Gasteiger partial charge in [0.05, 0.1) is 24.9 Å². The Morgan fingerprint density at radius 2 is 2.35 bits per heavy atom. The molecule has 0 saturated carbocycles. The van der Waals surface area contributed by atoms with Gasteiger partial charge in [0.25, 0.3) is 0 Å². The van der Waals surface area contributed by atoms with E-state index >= 15 is 0 Å². The van der Waals surface area contributed by atoms with Crippen LogP contribution >= 0.6 is 0 Å². The van der Waals surface area contributed by atoms with Crippen LogP contribution in [0, 0.1) is 0 Å². The molecule has 1 aromatic carbocycles. The largest absolute Gasteiger partial charge is 0.505 e. The van der Waals surface area contributed by atoms with Gasteiger partial charge < -0.3 is 20.5 Å². The lowest BCUT2D eigenvalue weighted by atomic mass is 10.1. The van der Waals surface area contributed by atoms with E-state index in [9.17, 15) is 9.90 Å². The first-order chi connectivity index (χ1) is 8.17. The van der Waals surface area contributed by atoms with Crippen LogP contribution in [-0.2, 0) is 11.2 Å². The fourth-order valence-electron chi connectivity index (χ4n) is 1.91. The van der Waals surface area contributed by atoms with E-state index in [0.717, 1.165) is 13.0 Å². The molecule has 1 aliphatic heterocycles. The molecule has 0 aromatic heterocycles. The average Bonchev–Trinajstić information content (AvgIpc) is 2.71. The number of carbonyl (C=O) groups is 1. The predicted octanol–water partition coefficient (Wildman–Crippen LogP) is 1.72. The van der Waals surface area contributed by atoms with Crippen LogP contribution in [0.2, 0.25) is 0 Å². The second-order valence-corrected chi connectivity index (χ2v) is 3.98. The Balaban J connectivity index is 2.44. The molecule has 0 spiro atoms. The van der Waals surface area contributed by atoms with Gasteiger partial charge in [-0.2, -0.15) is 0 Å². The number of hydrogen-bond acceptors (Lipinski definition) is 4. The van der Waals surface area contributed by atoms with Crippen LogP contribution in [0.3, 0.4) is 0 Å². The smallest absolute Gasteiger partial charge is 0.229 e. The number of phenolic OH excluding ortho intramolecular Hbond substituents is 1. The molecular weight excluding hydrogens is 220 g/mol. The summed E-state index contributed by atoms with van der Waals surface area (Å²) in [5, 5.41) is 15.9. The van der Waals surface area contributed by atoms with Crippen LogP contribution in [0.1, 0.15) is 18.9 Å². The van der Waals surface area contributed by atoms with Gasteiger partial charge in [-0.3, -0.25) is 4.79 Å². The molecule has 1 heterocycles. The number of nitrogens with one attached hydrogen (secondary N) is 2. The third-order valence-electron chi connectivity index (χ3n) is 2.75. The molecule has 17 heavy (non-hydrogen) atoms. The number of rotatable bonds is 4. The van der Waals surface area contributed by atoms with Crippen molar-refractivity contribution in [1.29, 1.82) is 0 Å². The standard InChI is InChI=1S/C12H16N2O3/c1-3-4-13-8-6-9(17-2)11-7(12(8)16)5-10(15)14-11/h6,13,16H,3-5H2,1-2H3,(H,14,15). The summed E-state index contributed by atoms with van der Waals surface area (Å²) in [6.07, 6.45) is 1.15. The van der Waals surface area contributed by atoms with Gasteiger partial charge in [0.2, 0.25) is 5.91 Å². The Morgan fingerprint density at radius 3 is 3.00 bits per heavy atom. The fourth-order valence-corrected chi connectivity index (χ4v) is 1.91. The first-order valence-electron chi connectivity index (χ1n) is 5.64. The van der Waals surface area contributed by atoms with Crippen molar-refractivity contribution < 1.29 is 14.6 Å². The third kappa shape index (κ3) is 2.00. The SMILES string of the molecule is CCCNc1cc(OC)c2c(c1O)CC(=O)N2. The first kappa shape index (κ1) is 11.6. The Labute approximate surface area is 99.8 Å². The summed E-state index contributed by atoms with van der Waals surface area (Å²) in [6.45, 7) is 2.80. The summed E-state index contributed by atoms with van der Waals surface area (Å²) in [5.41, 5.74) is 1.80. The van der Waals surface area contributed by atoms with Gasteiger partial charge in [-0.05, 0) is 6.42 Å². The molecule has 0 saturated heterocycles. The monoisotopic (exact) mass is 236 g/mol. The van der Waals surface area contributed by atoms with Crippen LogP contribution in [0.4, 0.5) is 11.4 Å². The molecule has 3 N–H and O–H groups in total. The van der Waals surface area contributed by atoms with Gasteiger partial charge in [0.1, 0.15) is 11.5 Å². The fraction of sp³-hybridized carbons (Fsp3) is 0.417. The maximum atomic E-state index is 11.3. The quantitative estimate of drug-likeness (QED) is 0.696. The van der Waals surface area contributed by atoms with Crippen LogP contribution in [0.15, 0.2) is 6.07 Å². The van der Waals surface area contributed by atoms with E-state index < -0.39 is 0 Å². The Morgan fingerprint density at radius 1 is 1.59 bits per heavy atom. The van der Waals surface area contributed by atoms with Crippen molar-refractivity contribution in [2.24, 2.45) is 0 Å². The molecule has 0 fully saturated rings. The van der Waals surface area contributed by atoms with Crippen LogP contribution < -0.4 is 15.4 Å². The molecule has 2 rings (SSSR count). The van der Waals surface area contributed by atoms with E-state index in [4.69, 9.17) is 4.74 Å². The highest BCUT2D eigenvalue weighted by molar-refractivity contribution is 6.03. The highest BCUT2D eigenvalue weighted by atomic mass is 16.5. The van der Waals surface area contributed by atoms with Crippen molar-refractivity contribution in [2.75, 3.05) is 24.3 Å². The number of phenols is 1. The van der Waals surface area contributed by atoms with E-state index in [0.29, 0.717) is 22.7 Å². The van der Waals surface area contributed by atoms with Crippen LogP contribution in [-0.4, -0.2) is 24.7 Å². The van der Waals surface area contributed by atoms with Crippen molar-refractivity contribution in [1.82, 2.24) is 0 Å². The number of anilines is 2. The molecule has 0 bridgehead atoms.